The molecule has 8 heteroatoms. The van der Waals surface area contributed by atoms with Crippen LogP contribution in [-0.2, 0) is 11.0 Å². The summed E-state index contributed by atoms with van der Waals surface area (Å²) in [5, 5.41) is 14.1. The number of benzene rings is 1. The van der Waals surface area contributed by atoms with Crippen molar-refractivity contribution in [1.82, 2.24) is 10.2 Å². The second kappa shape index (κ2) is 6.22. The highest BCUT2D eigenvalue weighted by Gasteiger charge is 2.60. The van der Waals surface area contributed by atoms with E-state index in [9.17, 15) is 27.9 Å². The number of nitrogens with one attached hydrogen (secondary N) is 1. The number of amides is 2. The number of Topliss-reactive ketones (excluding diaryl/α,β-unsaturated/α-hetero) is 1. The Hall–Kier alpha value is -2.09. The van der Waals surface area contributed by atoms with E-state index >= 15 is 0 Å². The first-order valence-corrected chi connectivity index (χ1v) is 8.89. The summed E-state index contributed by atoms with van der Waals surface area (Å²) >= 11 is 0. The molecule has 2 fully saturated rings. The molecule has 3 unspecified atom stereocenters. The van der Waals surface area contributed by atoms with Crippen LogP contribution in [0.1, 0.15) is 50.8 Å². The number of halogens is 3. The molecule has 1 aromatic carbocycles. The van der Waals surface area contributed by atoms with Crippen molar-refractivity contribution in [2.45, 2.75) is 51.6 Å². The van der Waals surface area contributed by atoms with Gasteiger partial charge >= 0.3 is 12.2 Å². The molecule has 5 nitrogen and oxygen atoms in total. The molecule has 1 aliphatic carbocycles. The molecule has 0 spiro atoms. The monoisotopic (exact) mass is 384 g/mol. The molecule has 2 aliphatic rings. The number of rotatable bonds is 2. The number of hydrogen-bond acceptors (Lipinski definition) is 3. The van der Waals surface area contributed by atoms with E-state index in [1.54, 1.807) is 6.92 Å². The van der Waals surface area contributed by atoms with Gasteiger partial charge in [0.1, 0.15) is 5.78 Å². The van der Waals surface area contributed by atoms with Crippen molar-refractivity contribution in [3.8, 4) is 0 Å². The van der Waals surface area contributed by atoms with Crippen molar-refractivity contribution in [3.63, 3.8) is 0 Å². The standard InChI is InChI=1S/C19H23F3N2O3/c1-4-24-16(26)23-15(11-5-7-12(8-6-11)19(20,21)22)14-13(25)9-17(2,3)10-18(14,24)27/h5-8,14-15,27H,4,9-10H2,1-3H3,(H,23,26). The molecule has 0 aromatic heterocycles. The predicted octanol–water partition coefficient (Wildman–Crippen LogP) is 3.49. The van der Waals surface area contributed by atoms with Gasteiger partial charge in [0, 0.05) is 19.4 Å². The highest BCUT2D eigenvalue weighted by atomic mass is 19.4. The molecule has 3 rings (SSSR count). The summed E-state index contributed by atoms with van der Waals surface area (Å²) in [4.78, 5) is 26.7. The normalized spacial score (nSPS) is 30.7. The lowest BCUT2D eigenvalue weighted by Gasteiger charge is -2.56. The van der Waals surface area contributed by atoms with Crippen LogP contribution in [0.5, 0.6) is 0 Å². The lowest BCUT2D eigenvalue weighted by molar-refractivity contribution is -0.192. The average molecular weight is 384 g/mol. The second-order valence-electron chi connectivity index (χ2n) is 8.13. The van der Waals surface area contributed by atoms with E-state index in [4.69, 9.17) is 0 Å². The quantitative estimate of drug-likeness (QED) is 0.820. The summed E-state index contributed by atoms with van der Waals surface area (Å²) in [7, 11) is 0. The third kappa shape index (κ3) is 3.31. The predicted molar refractivity (Wildman–Crippen MR) is 91.6 cm³/mol. The molecule has 0 radical (unpaired) electrons. The fourth-order valence-corrected chi connectivity index (χ4v) is 4.48. The lowest BCUT2D eigenvalue weighted by Crippen LogP contribution is -2.71. The molecule has 2 N–H and O–H groups in total. The van der Waals surface area contributed by atoms with Crippen LogP contribution in [0.3, 0.4) is 0 Å². The third-order valence-corrected chi connectivity index (χ3v) is 5.47. The Morgan fingerprint density at radius 2 is 1.81 bits per heavy atom. The van der Waals surface area contributed by atoms with Crippen LogP contribution in [0.4, 0.5) is 18.0 Å². The van der Waals surface area contributed by atoms with Crippen molar-refractivity contribution in [3.05, 3.63) is 35.4 Å². The molecule has 1 heterocycles. The summed E-state index contributed by atoms with van der Waals surface area (Å²) in [6, 6.07) is 2.93. The largest absolute Gasteiger partial charge is 0.416 e. The van der Waals surface area contributed by atoms with Gasteiger partial charge in [-0.2, -0.15) is 13.2 Å². The van der Waals surface area contributed by atoms with Crippen LogP contribution < -0.4 is 5.32 Å². The number of carbonyl (C=O) groups excluding carboxylic acids is 2. The Morgan fingerprint density at radius 1 is 1.22 bits per heavy atom. The van der Waals surface area contributed by atoms with E-state index in [1.807, 2.05) is 13.8 Å². The average Bonchev–Trinajstić information content (AvgIpc) is 2.51. The Kier molecular flexibility index (Phi) is 4.53. The van der Waals surface area contributed by atoms with Crippen molar-refractivity contribution >= 4 is 11.8 Å². The Morgan fingerprint density at radius 3 is 2.33 bits per heavy atom. The number of nitrogens with zero attached hydrogens (tertiary/aromatic N) is 1. The van der Waals surface area contributed by atoms with Gasteiger partial charge < -0.3 is 10.4 Å². The Bertz CT molecular complexity index is 760. The molecular formula is C19H23F3N2O3. The summed E-state index contributed by atoms with van der Waals surface area (Å²) in [5.41, 5.74) is -2.61. The number of aliphatic hydroxyl groups is 1. The fraction of sp³-hybridized carbons (Fsp3) is 0.579. The van der Waals surface area contributed by atoms with Gasteiger partial charge in [-0.1, -0.05) is 26.0 Å². The van der Waals surface area contributed by atoms with E-state index in [1.165, 1.54) is 17.0 Å². The molecule has 0 bridgehead atoms. The first kappa shape index (κ1) is 19.7. The van der Waals surface area contributed by atoms with Gasteiger partial charge in [-0.3, -0.25) is 9.69 Å². The number of ketones is 1. The minimum atomic E-state index is -4.47. The highest BCUT2D eigenvalue weighted by Crippen LogP contribution is 2.50. The van der Waals surface area contributed by atoms with Crippen LogP contribution >= 0.6 is 0 Å². The third-order valence-electron chi connectivity index (χ3n) is 5.47. The van der Waals surface area contributed by atoms with E-state index < -0.39 is 40.9 Å². The van der Waals surface area contributed by atoms with Crippen molar-refractivity contribution in [2.24, 2.45) is 11.3 Å². The van der Waals surface area contributed by atoms with Gasteiger partial charge in [0.25, 0.3) is 0 Å². The van der Waals surface area contributed by atoms with Crippen LogP contribution in [0.15, 0.2) is 24.3 Å². The van der Waals surface area contributed by atoms with Gasteiger partial charge in [-0.25, -0.2) is 4.79 Å². The van der Waals surface area contributed by atoms with Gasteiger partial charge in [-0.05, 0) is 30.0 Å². The van der Waals surface area contributed by atoms with E-state index in [2.05, 4.69) is 5.32 Å². The Labute approximate surface area is 155 Å². The zero-order chi connectivity index (χ0) is 20.2. The topological polar surface area (TPSA) is 69.6 Å². The molecule has 3 atom stereocenters. The van der Waals surface area contributed by atoms with Gasteiger partial charge in [0.15, 0.2) is 5.72 Å². The van der Waals surface area contributed by atoms with E-state index in [-0.39, 0.29) is 25.2 Å². The molecular weight excluding hydrogens is 361 g/mol. The molecule has 148 valence electrons. The van der Waals surface area contributed by atoms with Crippen molar-refractivity contribution in [2.75, 3.05) is 6.54 Å². The number of alkyl halides is 3. The maximum absolute atomic E-state index is 12.9. The van der Waals surface area contributed by atoms with Crippen LogP contribution in [0.25, 0.3) is 0 Å². The number of carbonyl (C=O) groups is 2. The molecule has 1 saturated heterocycles. The maximum atomic E-state index is 12.9. The van der Waals surface area contributed by atoms with E-state index in [0.29, 0.717) is 5.56 Å². The molecule has 1 aliphatic heterocycles. The maximum Gasteiger partial charge on any atom is 0.416 e. The molecule has 1 saturated carbocycles. The number of urea groups is 1. The van der Waals surface area contributed by atoms with Crippen LogP contribution in [0, 0.1) is 11.3 Å². The zero-order valence-corrected chi connectivity index (χ0v) is 15.4. The SMILES string of the molecule is CCN1C(=O)NC(c2ccc(C(F)(F)F)cc2)C2C(=O)CC(C)(C)CC21O. The first-order chi connectivity index (χ1) is 12.4. The number of hydrogen-bond donors (Lipinski definition) is 2. The minimum Gasteiger partial charge on any atom is -0.370 e. The summed E-state index contributed by atoms with van der Waals surface area (Å²) in [5.74, 6) is -1.16. The van der Waals surface area contributed by atoms with Gasteiger partial charge in [0.05, 0.1) is 17.5 Å². The van der Waals surface area contributed by atoms with Crippen molar-refractivity contribution < 1.29 is 27.9 Å². The van der Waals surface area contributed by atoms with Gasteiger partial charge in [-0.15, -0.1) is 0 Å². The number of fused-ring (bicyclic) bond motifs is 1. The second-order valence-corrected chi connectivity index (χ2v) is 8.13. The molecule has 1 aromatic rings. The van der Waals surface area contributed by atoms with Crippen LogP contribution in [-0.4, -0.2) is 34.1 Å². The highest BCUT2D eigenvalue weighted by molar-refractivity contribution is 5.88. The summed E-state index contributed by atoms with van der Waals surface area (Å²) < 4.78 is 38.5. The van der Waals surface area contributed by atoms with E-state index in [0.717, 1.165) is 12.1 Å². The Balaban J connectivity index is 2.04. The molecule has 2 amide bonds. The lowest BCUT2D eigenvalue weighted by atomic mass is 9.63. The summed E-state index contributed by atoms with van der Waals surface area (Å²) in [6.45, 7) is 5.63. The van der Waals surface area contributed by atoms with Crippen molar-refractivity contribution in [1.29, 1.82) is 0 Å². The fourth-order valence-electron chi connectivity index (χ4n) is 4.48. The van der Waals surface area contributed by atoms with Crippen LogP contribution in [0.2, 0.25) is 0 Å². The molecule has 27 heavy (non-hydrogen) atoms. The van der Waals surface area contributed by atoms with Gasteiger partial charge in [0.2, 0.25) is 0 Å². The first-order valence-electron chi connectivity index (χ1n) is 8.89. The summed E-state index contributed by atoms with van der Waals surface area (Å²) in [6.07, 6.45) is -4.03. The smallest absolute Gasteiger partial charge is 0.370 e. The zero-order valence-electron chi connectivity index (χ0n) is 15.4. The minimum absolute atomic E-state index is 0.210.